The molecule has 2 aromatic carbocycles. The van der Waals surface area contributed by atoms with Crippen LogP contribution in [0, 0.1) is 22.7 Å². The third kappa shape index (κ3) is 6.00. The van der Waals surface area contributed by atoms with Crippen LogP contribution in [0.5, 0.6) is 0 Å². The van der Waals surface area contributed by atoms with Crippen LogP contribution in [0.3, 0.4) is 0 Å². The molecule has 10 heteroatoms. The van der Waals surface area contributed by atoms with Gasteiger partial charge >= 0.3 is 0 Å². The lowest BCUT2D eigenvalue weighted by molar-refractivity contribution is -0.116. The van der Waals surface area contributed by atoms with Crippen molar-refractivity contribution >= 4 is 40.7 Å². The highest BCUT2D eigenvalue weighted by Crippen LogP contribution is 2.45. The summed E-state index contributed by atoms with van der Waals surface area (Å²) in [5.74, 6) is -0.861. The Balaban J connectivity index is 2.00. The zero-order chi connectivity index (χ0) is 27.3. The van der Waals surface area contributed by atoms with Gasteiger partial charge in [0.2, 0.25) is 5.91 Å². The molecule has 1 unspecified atom stereocenters. The van der Waals surface area contributed by atoms with Gasteiger partial charge in [-0.25, -0.2) is 0 Å². The highest BCUT2D eigenvalue weighted by molar-refractivity contribution is 6.34. The number of piperidine rings is 1. The summed E-state index contributed by atoms with van der Waals surface area (Å²) in [6.45, 7) is 4.31. The van der Waals surface area contributed by atoms with Crippen molar-refractivity contribution in [2.75, 3.05) is 32.8 Å². The summed E-state index contributed by atoms with van der Waals surface area (Å²) in [6, 6.07) is 14.7. The summed E-state index contributed by atoms with van der Waals surface area (Å²) >= 11 is 19.6. The smallest absolute Gasteiger partial charge is 0.248 e. The number of nitrogens with two attached hydrogens (primary N) is 1. The molecule has 1 atom stereocenters. The number of hydrogen-bond acceptors (Lipinski definition) is 6. The Bertz CT molecular complexity index is 1280. The fraction of sp³-hybridized carbons (Fsp3) is 0.393. The maximum atomic E-state index is 13.2. The molecule has 2 fully saturated rings. The number of benzene rings is 2. The zero-order valence-corrected chi connectivity index (χ0v) is 23.2. The molecule has 3 N–H and O–H groups in total. The van der Waals surface area contributed by atoms with Gasteiger partial charge in [0.25, 0.3) is 0 Å². The van der Waals surface area contributed by atoms with Crippen LogP contribution in [0.15, 0.2) is 47.5 Å². The molecule has 2 aliphatic heterocycles. The summed E-state index contributed by atoms with van der Waals surface area (Å²) in [6.07, 6.45) is 3.70. The lowest BCUT2D eigenvalue weighted by Gasteiger charge is -2.44. The minimum Gasteiger partial charge on any atom is -0.366 e. The van der Waals surface area contributed by atoms with Crippen LogP contribution in [0.4, 0.5) is 0 Å². The van der Waals surface area contributed by atoms with Gasteiger partial charge in [-0.15, -0.1) is 0 Å². The number of carbonyl (C=O) groups is 1. The summed E-state index contributed by atoms with van der Waals surface area (Å²) in [4.78, 5) is 17.6. The molecule has 38 heavy (non-hydrogen) atoms. The van der Waals surface area contributed by atoms with E-state index in [0.717, 1.165) is 38.0 Å². The van der Waals surface area contributed by atoms with Crippen LogP contribution >= 0.6 is 34.8 Å². The van der Waals surface area contributed by atoms with Crippen molar-refractivity contribution in [1.29, 1.82) is 10.5 Å². The van der Waals surface area contributed by atoms with E-state index in [-0.39, 0.29) is 17.6 Å². The van der Waals surface area contributed by atoms with Crippen molar-refractivity contribution < 1.29 is 4.79 Å². The number of primary amides is 1. The van der Waals surface area contributed by atoms with Crippen LogP contribution in [0.25, 0.3) is 0 Å². The second-order valence-corrected chi connectivity index (χ2v) is 11.0. The van der Waals surface area contributed by atoms with E-state index in [2.05, 4.69) is 10.2 Å². The topological polar surface area (TPSA) is 109 Å². The molecule has 7 nitrogen and oxygen atoms in total. The number of nitriles is 2. The Morgan fingerprint density at radius 2 is 1.66 bits per heavy atom. The first-order chi connectivity index (χ1) is 18.3. The van der Waals surface area contributed by atoms with E-state index in [1.807, 2.05) is 35.2 Å². The monoisotopic (exact) mass is 570 g/mol. The molecule has 0 saturated carbocycles. The van der Waals surface area contributed by atoms with Crippen molar-refractivity contribution in [2.45, 2.75) is 37.8 Å². The molecular weight excluding hydrogens is 543 g/mol. The van der Waals surface area contributed by atoms with Gasteiger partial charge in [0.05, 0.1) is 11.1 Å². The van der Waals surface area contributed by atoms with Crippen molar-refractivity contribution in [2.24, 2.45) is 5.73 Å². The van der Waals surface area contributed by atoms with E-state index < -0.39 is 11.4 Å². The van der Waals surface area contributed by atoms with Gasteiger partial charge in [-0.05, 0) is 73.3 Å². The quantitative estimate of drug-likeness (QED) is 0.349. The predicted molar refractivity (Wildman–Crippen MR) is 149 cm³/mol. The van der Waals surface area contributed by atoms with Crippen molar-refractivity contribution in [3.63, 3.8) is 0 Å². The number of amides is 1. The van der Waals surface area contributed by atoms with Gasteiger partial charge in [0.15, 0.2) is 0 Å². The number of nitrogens with one attached hydrogen (secondary N) is 1. The second kappa shape index (κ2) is 12.5. The molecule has 2 aromatic rings. The average molecular weight is 572 g/mol. The number of hydrogen-bond donors (Lipinski definition) is 2. The Morgan fingerprint density at radius 3 is 2.24 bits per heavy atom. The second-order valence-electron chi connectivity index (χ2n) is 9.73. The molecule has 0 aliphatic carbocycles. The Morgan fingerprint density at radius 1 is 0.974 bits per heavy atom. The van der Waals surface area contributed by atoms with E-state index in [0.29, 0.717) is 46.0 Å². The minimum absolute atomic E-state index is 0.0979. The summed E-state index contributed by atoms with van der Waals surface area (Å²) in [5.41, 5.74) is 6.53. The third-order valence-electron chi connectivity index (χ3n) is 7.25. The van der Waals surface area contributed by atoms with Crippen LogP contribution in [0.1, 0.15) is 36.0 Å². The summed E-state index contributed by atoms with van der Waals surface area (Å²) in [7, 11) is 0. The molecule has 2 aliphatic rings. The first kappa shape index (κ1) is 28.4. The normalized spacial score (nSPS) is 17.8. The summed E-state index contributed by atoms with van der Waals surface area (Å²) in [5, 5.41) is 24.4. The van der Waals surface area contributed by atoms with E-state index in [1.54, 1.807) is 18.2 Å². The van der Waals surface area contributed by atoms with Gasteiger partial charge < -0.3 is 11.1 Å². The van der Waals surface area contributed by atoms with Crippen molar-refractivity contribution in [3.8, 4) is 12.1 Å². The highest BCUT2D eigenvalue weighted by Gasteiger charge is 2.48. The molecule has 2 saturated heterocycles. The van der Waals surface area contributed by atoms with Crippen LogP contribution in [-0.2, 0) is 23.3 Å². The average Bonchev–Trinajstić information content (AvgIpc) is 3.43. The molecule has 198 valence electrons. The lowest BCUT2D eigenvalue weighted by Crippen LogP contribution is -2.52. The Labute approximate surface area is 238 Å². The lowest BCUT2D eigenvalue weighted by atomic mass is 9.73. The van der Waals surface area contributed by atoms with Gasteiger partial charge in [0, 0.05) is 41.4 Å². The summed E-state index contributed by atoms with van der Waals surface area (Å²) < 4.78 is 0. The fourth-order valence-electron chi connectivity index (χ4n) is 5.63. The first-order valence-electron chi connectivity index (χ1n) is 12.5. The third-order valence-corrected chi connectivity index (χ3v) is 8.01. The Kier molecular flexibility index (Phi) is 9.33. The van der Waals surface area contributed by atoms with Crippen LogP contribution in [0.2, 0.25) is 15.1 Å². The molecule has 2 heterocycles. The highest BCUT2D eigenvalue weighted by atomic mass is 35.5. The predicted octanol–water partition coefficient (Wildman–Crippen LogP) is 4.76. The maximum Gasteiger partial charge on any atom is 0.248 e. The number of carbonyl (C=O) groups excluding carboxylic acids is 1. The van der Waals surface area contributed by atoms with Crippen LogP contribution < -0.4 is 11.1 Å². The van der Waals surface area contributed by atoms with Crippen molar-refractivity contribution in [3.05, 3.63) is 79.3 Å². The molecule has 1 amide bonds. The van der Waals surface area contributed by atoms with Crippen molar-refractivity contribution in [1.82, 2.24) is 15.1 Å². The van der Waals surface area contributed by atoms with Gasteiger partial charge in [-0.2, -0.15) is 10.5 Å². The van der Waals surface area contributed by atoms with Crippen LogP contribution in [-0.4, -0.2) is 48.6 Å². The van der Waals surface area contributed by atoms with E-state index in [1.165, 1.54) is 6.42 Å². The SMILES string of the molecule is N#CC(C#N)=C(C(N)=O)C(Cc1cc(Cl)cc(Cl)c1)(c1cc(CN2CCCCC2)ccc1Cl)N1CCNC1. The number of likely N-dealkylation sites (tertiary alicyclic amines) is 1. The number of nitrogens with zero attached hydrogens (tertiary/aromatic N) is 4. The van der Waals surface area contributed by atoms with E-state index in [9.17, 15) is 15.3 Å². The number of allylic oxidation sites excluding steroid dienone is 1. The Hall–Kier alpha value is -2.62. The van der Waals surface area contributed by atoms with Gasteiger partial charge in [-0.3, -0.25) is 14.6 Å². The molecular formula is C28H29Cl3N6O. The zero-order valence-electron chi connectivity index (χ0n) is 20.9. The molecule has 0 radical (unpaired) electrons. The number of rotatable bonds is 8. The van der Waals surface area contributed by atoms with E-state index >= 15 is 0 Å². The fourth-order valence-corrected chi connectivity index (χ4v) is 6.48. The number of halogens is 3. The van der Waals surface area contributed by atoms with Gasteiger partial charge in [0.1, 0.15) is 17.7 Å². The molecule has 4 rings (SSSR count). The van der Waals surface area contributed by atoms with Gasteiger partial charge in [-0.1, -0.05) is 53.4 Å². The largest absolute Gasteiger partial charge is 0.366 e. The molecule has 0 bridgehead atoms. The minimum atomic E-state index is -1.33. The molecule has 0 spiro atoms. The molecule has 0 aromatic heterocycles. The first-order valence-corrected chi connectivity index (χ1v) is 13.7. The standard InChI is InChI=1S/C28H29Cl3N6O/c29-22-10-20(11-23(30)13-22)14-28(37-9-6-35-18-37,26(27(34)38)21(15-32)16-33)24-12-19(4-5-25(24)31)17-36-7-2-1-3-8-36/h4-5,10-13,35H,1-3,6-9,14,17-18H2,(H2,34,38). The van der Waals surface area contributed by atoms with E-state index in [4.69, 9.17) is 40.5 Å². The maximum absolute atomic E-state index is 13.2.